The van der Waals surface area contributed by atoms with E-state index in [4.69, 9.17) is 4.42 Å². The second-order valence-corrected chi connectivity index (χ2v) is 4.34. The van der Waals surface area contributed by atoms with Crippen LogP contribution in [0.1, 0.15) is 30.0 Å². The number of furan rings is 1. The largest absolute Gasteiger partial charge is 0.504 e. The van der Waals surface area contributed by atoms with Gasteiger partial charge in [0, 0.05) is 12.1 Å². The summed E-state index contributed by atoms with van der Waals surface area (Å²) < 4.78 is 5.51. The van der Waals surface area contributed by atoms with Gasteiger partial charge in [-0.05, 0) is 32.0 Å². The minimum atomic E-state index is -0.101. The molecule has 1 heterocycles. The smallest absolute Gasteiger partial charge is 0.161 e. The normalized spacial score (nSPS) is 12.6. The van der Waals surface area contributed by atoms with Gasteiger partial charge in [0.05, 0.1) is 6.04 Å². The molecule has 2 aromatic rings. The summed E-state index contributed by atoms with van der Waals surface area (Å²) >= 11 is 0. The minimum Gasteiger partial charge on any atom is -0.504 e. The molecular formula is C14H17NO3. The summed E-state index contributed by atoms with van der Waals surface area (Å²) in [6, 6.07) is 8.81. The molecule has 0 aliphatic rings. The summed E-state index contributed by atoms with van der Waals surface area (Å²) in [5.74, 6) is 1.55. The molecule has 4 heteroatoms. The van der Waals surface area contributed by atoms with E-state index in [-0.39, 0.29) is 17.5 Å². The van der Waals surface area contributed by atoms with Crippen molar-refractivity contribution in [3.63, 3.8) is 0 Å². The number of phenols is 2. The van der Waals surface area contributed by atoms with Crippen molar-refractivity contribution in [3.05, 3.63) is 47.4 Å². The predicted octanol–water partition coefficient (Wildman–Crippen LogP) is 2.85. The number of nitrogens with one attached hydrogen (secondary N) is 1. The van der Waals surface area contributed by atoms with Gasteiger partial charge in [0.25, 0.3) is 0 Å². The van der Waals surface area contributed by atoms with Crippen molar-refractivity contribution < 1.29 is 14.6 Å². The number of aromatic hydroxyl groups is 2. The molecule has 1 atom stereocenters. The molecule has 4 nitrogen and oxygen atoms in total. The van der Waals surface area contributed by atoms with Gasteiger partial charge >= 0.3 is 0 Å². The lowest BCUT2D eigenvalue weighted by Gasteiger charge is -2.12. The van der Waals surface area contributed by atoms with E-state index < -0.39 is 0 Å². The van der Waals surface area contributed by atoms with Gasteiger partial charge in [-0.2, -0.15) is 0 Å². The van der Waals surface area contributed by atoms with Gasteiger partial charge in [-0.15, -0.1) is 0 Å². The van der Waals surface area contributed by atoms with Crippen LogP contribution < -0.4 is 5.32 Å². The molecule has 0 fully saturated rings. The van der Waals surface area contributed by atoms with Gasteiger partial charge in [0.2, 0.25) is 0 Å². The number of para-hydroxylation sites is 1. The van der Waals surface area contributed by atoms with Gasteiger partial charge in [-0.3, -0.25) is 0 Å². The Balaban J connectivity index is 2.01. The van der Waals surface area contributed by atoms with Crippen LogP contribution in [-0.2, 0) is 6.54 Å². The monoisotopic (exact) mass is 247 g/mol. The van der Waals surface area contributed by atoms with Crippen LogP contribution in [0.3, 0.4) is 0 Å². The van der Waals surface area contributed by atoms with Crippen LogP contribution in [0.2, 0.25) is 0 Å². The topological polar surface area (TPSA) is 65.6 Å². The van der Waals surface area contributed by atoms with E-state index >= 15 is 0 Å². The number of hydrogen-bond donors (Lipinski definition) is 3. The average molecular weight is 247 g/mol. The first-order chi connectivity index (χ1) is 8.58. The Morgan fingerprint density at radius 3 is 2.67 bits per heavy atom. The van der Waals surface area contributed by atoms with Crippen molar-refractivity contribution in [1.82, 2.24) is 5.32 Å². The summed E-state index contributed by atoms with van der Waals surface area (Å²) in [4.78, 5) is 0. The second kappa shape index (κ2) is 5.14. The first kappa shape index (κ1) is 12.5. The number of hydrogen-bond acceptors (Lipinski definition) is 4. The van der Waals surface area contributed by atoms with E-state index in [1.807, 2.05) is 26.0 Å². The maximum absolute atomic E-state index is 9.67. The molecule has 3 N–H and O–H groups in total. The van der Waals surface area contributed by atoms with Crippen LogP contribution >= 0.6 is 0 Å². The molecule has 18 heavy (non-hydrogen) atoms. The van der Waals surface area contributed by atoms with E-state index in [2.05, 4.69) is 5.32 Å². The maximum atomic E-state index is 9.67. The molecule has 1 aromatic carbocycles. The Labute approximate surface area is 106 Å². The summed E-state index contributed by atoms with van der Waals surface area (Å²) in [5, 5.41) is 22.3. The summed E-state index contributed by atoms with van der Waals surface area (Å²) in [6.45, 7) is 4.34. The lowest BCUT2D eigenvalue weighted by Crippen LogP contribution is -2.17. The zero-order chi connectivity index (χ0) is 13.1. The molecule has 0 radical (unpaired) electrons. The molecule has 1 unspecified atom stereocenters. The average Bonchev–Trinajstić information content (AvgIpc) is 2.77. The van der Waals surface area contributed by atoms with E-state index in [1.165, 1.54) is 6.07 Å². The quantitative estimate of drug-likeness (QED) is 0.727. The molecule has 0 bridgehead atoms. The van der Waals surface area contributed by atoms with E-state index in [0.717, 1.165) is 11.5 Å². The molecule has 0 spiro atoms. The first-order valence-electron chi connectivity index (χ1n) is 5.87. The SMILES string of the molecule is Cc1ccc(C(C)NCc2cccc(O)c2O)o1. The fourth-order valence-electron chi connectivity index (χ4n) is 1.77. The second-order valence-electron chi connectivity index (χ2n) is 4.34. The Morgan fingerprint density at radius 2 is 2.00 bits per heavy atom. The zero-order valence-electron chi connectivity index (χ0n) is 10.5. The Bertz CT molecular complexity index is 534. The lowest BCUT2D eigenvalue weighted by molar-refractivity contribution is 0.390. The summed E-state index contributed by atoms with van der Waals surface area (Å²) in [6.07, 6.45) is 0. The van der Waals surface area contributed by atoms with E-state index in [0.29, 0.717) is 12.1 Å². The fraction of sp³-hybridized carbons (Fsp3) is 0.286. The van der Waals surface area contributed by atoms with Crippen molar-refractivity contribution >= 4 is 0 Å². The third-order valence-corrected chi connectivity index (χ3v) is 2.88. The molecule has 0 aliphatic carbocycles. The molecule has 0 amide bonds. The Morgan fingerprint density at radius 1 is 1.22 bits per heavy atom. The number of benzene rings is 1. The molecule has 0 saturated heterocycles. The van der Waals surface area contributed by atoms with Gasteiger partial charge in [0.15, 0.2) is 11.5 Å². The van der Waals surface area contributed by atoms with E-state index in [9.17, 15) is 10.2 Å². The summed E-state index contributed by atoms with van der Waals surface area (Å²) in [7, 11) is 0. The third kappa shape index (κ3) is 2.65. The van der Waals surface area contributed by atoms with Gasteiger partial charge < -0.3 is 19.9 Å². The lowest BCUT2D eigenvalue weighted by atomic mass is 10.1. The highest BCUT2D eigenvalue weighted by atomic mass is 16.3. The van der Waals surface area contributed by atoms with Crippen molar-refractivity contribution in [2.75, 3.05) is 0 Å². The molecule has 0 saturated carbocycles. The highest BCUT2D eigenvalue weighted by Gasteiger charge is 2.11. The number of aryl methyl sites for hydroxylation is 1. The van der Waals surface area contributed by atoms with Crippen LogP contribution in [0.5, 0.6) is 11.5 Å². The Kier molecular flexibility index (Phi) is 3.58. The molecular weight excluding hydrogens is 230 g/mol. The molecule has 96 valence electrons. The van der Waals surface area contributed by atoms with Gasteiger partial charge in [-0.25, -0.2) is 0 Å². The summed E-state index contributed by atoms with van der Waals surface area (Å²) in [5.41, 5.74) is 0.658. The van der Waals surface area contributed by atoms with Crippen molar-refractivity contribution in [2.45, 2.75) is 26.4 Å². The molecule has 2 rings (SSSR count). The van der Waals surface area contributed by atoms with Crippen molar-refractivity contribution in [2.24, 2.45) is 0 Å². The molecule has 0 aliphatic heterocycles. The van der Waals surface area contributed by atoms with Crippen LogP contribution in [0.25, 0.3) is 0 Å². The highest BCUT2D eigenvalue weighted by molar-refractivity contribution is 5.44. The molecule has 1 aromatic heterocycles. The third-order valence-electron chi connectivity index (χ3n) is 2.88. The number of rotatable bonds is 4. The standard InChI is InChI=1S/C14H17NO3/c1-9-6-7-13(18-9)10(2)15-8-11-4-3-5-12(16)14(11)17/h3-7,10,15-17H,8H2,1-2H3. The maximum Gasteiger partial charge on any atom is 0.161 e. The van der Waals surface area contributed by atoms with Crippen LogP contribution in [0, 0.1) is 6.92 Å². The first-order valence-corrected chi connectivity index (χ1v) is 5.87. The van der Waals surface area contributed by atoms with Crippen LogP contribution in [0.4, 0.5) is 0 Å². The van der Waals surface area contributed by atoms with Crippen LogP contribution in [0.15, 0.2) is 34.7 Å². The van der Waals surface area contributed by atoms with Crippen LogP contribution in [-0.4, -0.2) is 10.2 Å². The minimum absolute atomic E-state index is 0.0421. The predicted molar refractivity (Wildman–Crippen MR) is 68.5 cm³/mol. The fourth-order valence-corrected chi connectivity index (χ4v) is 1.77. The van der Waals surface area contributed by atoms with Crippen molar-refractivity contribution in [3.8, 4) is 11.5 Å². The highest BCUT2D eigenvalue weighted by Crippen LogP contribution is 2.28. The van der Waals surface area contributed by atoms with Crippen molar-refractivity contribution in [1.29, 1.82) is 0 Å². The van der Waals surface area contributed by atoms with E-state index in [1.54, 1.807) is 12.1 Å². The number of phenolic OH excluding ortho intramolecular Hbond substituents is 2. The van der Waals surface area contributed by atoms with Gasteiger partial charge in [0.1, 0.15) is 11.5 Å². The van der Waals surface area contributed by atoms with Gasteiger partial charge in [-0.1, -0.05) is 12.1 Å². The Hall–Kier alpha value is -1.94. The zero-order valence-corrected chi connectivity index (χ0v) is 10.5.